The molecule has 2 saturated heterocycles. The van der Waals surface area contributed by atoms with Crippen LogP contribution in [0, 0.1) is 18.8 Å². The minimum absolute atomic E-state index is 0.0349. The first-order valence-corrected chi connectivity index (χ1v) is 13.0. The first-order valence-electron chi connectivity index (χ1n) is 11.6. The molecule has 0 amide bonds. The average molecular weight is 466 g/mol. The summed E-state index contributed by atoms with van der Waals surface area (Å²) >= 11 is 0. The van der Waals surface area contributed by atoms with Crippen molar-refractivity contribution in [3.8, 4) is 5.69 Å². The van der Waals surface area contributed by atoms with Crippen LogP contribution in [0.4, 0.5) is 0 Å². The highest BCUT2D eigenvalue weighted by molar-refractivity contribution is 7.89. The molecule has 2 aromatic carbocycles. The zero-order valence-corrected chi connectivity index (χ0v) is 19.7. The summed E-state index contributed by atoms with van der Waals surface area (Å²) in [6.07, 6.45) is 2.40. The third-order valence-electron chi connectivity index (χ3n) is 7.10. The van der Waals surface area contributed by atoms with E-state index in [1.165, 1.54) is 11.8 Å². The number of hydrogen-bond acceptors (Lipinski definition) is 5. The van der Waals surface area contributed by atoms with Gasteiger partial charge in [0.25, 0.3) is 0 Å². The summed E-state index contributed by atoms with van der Waals surface area (Å²) in [6, 6.07) is 19.9. The Balaban J connectivity index is 1.21. The largest absolute Gasteiger partial charge is 0.324 e. The SMILES string of the molecule is Cc1c(S(=O)(=O)N2CC3CN(CCC(N)c4ccccc4)CC3C2)cnn1-c1ccccc1. The quantitative estimate of drug-likeness (QED) is 0.580. The number of fused-ring (bicyclic) bond motifs is 1. The molecule has 0 bridgehead atoms. The zero-order valence-electron chi connectivity index (χ0n) is 18.9. The first kappa shape index (κ1) is 22.3. The summed E-state index contributed by atoms with van der Waals surface area (Å²) in [7, 11) is -3.57. The van der Waals surface area contributed by atoms with Gasteiger partial charge in [-0.3, -0.25) is 0 Å². The number of hydrogen-bond donors (Lipinski definition) is 1. The van der Waals surface area contributed by atoms with Crippen molar-refractivity contribution in [2.45, 2.75) is 24.3 Å². The summed E-state index contributed by atoms with van der Waals surface area (Å²) in [6.45, 7) is 5.77. The predicted molar refractivity (Wildman–Crippen MR) is 128 cm³/mol. The lowest BCUT2D eigenvalue weighted by Gasteiger charge is -2.22. The van der Waals surface area contributed by atoms with Crippen LogP contribution in [0.2, 0.25) is 0 Å². The summed E-state index contributed by atoms with van der Waals surface area (Å²) in [5, 5.41) is 4.36. The van der Waals surface area contributed by atoms with Crippen LogP contribution in [-0.4, -0.2) is 60.1 Å². The lowest BCUT2D eigenvalue weighted by molar-refractivity contribution is 0.286. The highest BCUT2D eigenvalue weighted by Gasteiger charge is 2.44. The van der Waals surface area contributed by atoms with E-state index in [-0.39, 0.29) is 6.04 Å². The van der Waals surface area contributed by atoms with Gasteiger partial charge in [0, 0.05) is 32.2 Å². The Labute approximate surface area is 195 Å². The molecule has 5 rings (SSSR count). The molecule has 2 aliphatic heterocycles. The molecule has 3 atom stereocenters. The van der Waals surface area contributed by atoms with E-state index in [0.717, 1.165) is 31.7 Å². The Morgan fingerprint density at radius 1 is 0.970 bits per heavy atom. The number of para-hydroxylation sites is 1. The van der Waals surface area contributed by atoms with Crippen LogP contribution >= 0.6 is 0 Å². The van der Waals surface area contributed by atoms with E-state index in [1.807, 2.05) is 55.5 Å². The van der Waals surface area contributed by atoms with Crippen LogP contribution in [0.1, 0.15) is 23.7 Å². The predicted octanol–water partition coefficient (Wildman–Crippen LogP) is 2.82. The molecule has 3 aromatic rings. The second kappa shape index (κ2) is 9.02. The monoisotopic (exact) mass is 465 g/mol. The van der Waals surface area contributed by atoms with Gasteiger partial charge in [0.1, 0.15) is 4.90 Å². The molecule has 8 heteroatoms. The molecule has 3 heterocycles. The van der Waals surface area contributed by atoms with Gasteiger partial charge < -0.3 is 10.6 Å². The van der Waals surface area contributed by atoms with E-state index in [1.54, 1.807) is 8.99 Å². The van der Waals surface area contributed by atoms with Gasteiger partial charge in [0.05, 0.1) is 17.6 Å². The van der Waals surface area contributed by atoms with E-state index in [0.29, 0.717) is 35.5 Å². The van der Waals surface area contributed by atoms with Crippen molar-refractivity contribution >= 4 is 10.0 Å². The normalized spacial score (nSPS) is 22.5. The molecule has 174 valence electrons. The number of rotatable bonds is 7. The molecular formula is C25H31N5O2S. The zero-order chi connectivity index (χ0) is 23.0. The summed E-state index contributed by atoms with van der Waals surface area (Å²) in [4.78, 5) is 2.75. The maximum absolute atomic E-state index is 13.4. The molecule has 7 nitrogen and oxygen atoms in total. The van der Waals surface area contributed by atoms with Gasteiger partial charge in [-0.25, -0.2) is 13.1 Å². The topological polar surface area (TPSA) is 84.5 Å². The van der Waals surface area contributed by atoms with Crippen molar-refractivity contribution in [2.24, 2.45) is 17.6 Å². The van der Waals surface area contributed by atoms with Crippen LogP contribution in [0.3, 0.4) is 0 Å². The molecule has 2 aliphatic rings. The van der Waals surface area contributed by atoms with Crippen LogP contribution in [-0.2, 0) is 10.0 Å². The van der Waals surface area contributed by atoms with Gasteiger partial charge in [0.15, 0.2) is 0 Å². The number of nitrogens with two attached hydrogens (primary N) is 1. The van der Waals surface area contributed by atoms with Crippen molar-refractivity contribution < 1.29 is 8.42 Å². The van der Waals surface area contributed by atoms with Crippen molar-refractivity contribution in [3.05, 3.63) is 78.1 Å². The molecule has 3 unspecified atom stereocenters. The third-order valence-corrected chi connectivity index (χ3v) is 9.03. The summed E-state index contributed by atoms with van der Waals surface area (Å²) in [5.41, 5.74) is 9.04. The number of aromatic nitrogens is 2. The van der Waals surface area contributed by atoms with Crippen molar-refractivity contribution in [2.75, 3.05) is 32.7 Å². The number of nitrogens with zero attached hydrogens (tertiary/aromatic N) is 4. The van der Waals surface area contributed by atoms with Crippen molar-refractivity contribution in [3.63, 3.8) is 0 Å². The van der Waals surface area contributed by atoms with Gasteiger partial charge >= 0.3 is 0 Å². The highest BCUT2D eigenvalue weighted by Crippen LogP contribution is 2.35. The number of benzene rings is 2. The fourth-order valence-corrected chi connectivity index (χ4v) is 6.92. The summed E-state index contributed by atoms with van der Waals surface area (Å²) in [5.74, 6) is 0.745. The number of likely N-dealkylation sites (tertiary alicyclic amines) is 1. The van der Waals surface area contributed by atoms with E-state index in [2.05, 4.69) is 22.1 Å². The van der Waals surface area contributed by atoms with Gasteiger partial charge in [-0.05, 0) is 49.4 Å². The van der Waals surface area contributed by atoms with E-state index < -0.39 is 10.0 Å². The fraction of sp³-hybridized carbons (Fsp3) is 0.400. The second-order valence-corrected chi connectivity index (χ2v) is 11.2. The van der Waals surface area contributed by atoms with Crippen LogP contribution < -0.4 is 5.73 Å². The Hall–Kier alpha value is -2.52. The van der Waals surface area contributed by atoms with Crippen molar-refractivity contribution in [1.29, 1.82) is 0 Å². The second-order valence-electron chi connectivity index (χ2n) is 9.25. The third kappa shape index (κ3) is 4.36. The fourth-order valence-electron chi connectivity index (χ4n) is 5.23. The van der Waals surface area contributed by atoms with Crippen LogP contribution in [0.15, 0.2) is 71.8 Å². The Morgan fingerprint density at radius 3 is 2.21 bits per heavy atom. The van der Waals surface area contributed by atoms with Gasteiger partial charge in [-0.15, -0.1) is 0 Å². The molecule has 33 heavy (non-hydrogen) atoms. The lowest BCUT2D eigenvalue weighted by Crippen LogP contribution is -2.34. The molecule has 2 fully saturated rings. The molecule has 0 saturated carbocycles. The molecule has 0 spiro atoms. The lowest BCUT2D eigenvalue weighted by atomic mass is 10.0. The minimum atomic E-state index is -3.57. The maximum Gasteiger partial charge on any atom is 0.246 e. The van der Waals surface area contributed by atoms with Gasteiger partial charge in [0.2, 0.25) is 10.0 Å². The smallest absolute Gasteiger partial charge is 0.246 e. The van der Waals surface area contributed by atoms with Gasteiger partial charge in [-0.1, -0.05) is 48.5 Å². The highest BCUT2D eigenvalue weighted by atomic mass is 32.2. The Morgan fingerprint density at radius 2 is 1.58 bits per heavy atom. The molecule has 1 aromatic heterocycles. The van der Waals surface area contributed by atoms with E-state index in [9.17, 15) is 8.42 Å². The molecular weight excluding hydrogens is 434 g/mol. The van der Waals surface area contributed by atoms with Crippen molar-refractivity contribution in [1.82, 2.24) is 19.0 Å². The first-order chi connectivity index (χ1) is 15.9. The van der Waals surface area contributed by atoms with Crippen LogP contribution in [0.25, 0.3) is 5.69 Å². The van der Waals surface area contributed by atoms with Gasteiger partial charge in [-0.2, -0.15) is 9.40 Å². The number of sulfonamides is 1. The minimum Gasteiger partial charge on any atom is -0.324 e. The Bertz CT molecular complexity index is 1180. The van der Waals surface area contributed by atoms with E-state index >= 15 is 0 Å². The Kier molecular flexibility index (Phi) is 6.09. The molecule has 0 radical (unpaired) electrons. The summed E-state index contributed by atoms with van der Waals surface area (Å²) < 4.78 is 30.2. The standard InChI is InChI=1S/C25H31N5O2S/c1-19-25(14-27-30(19)23-10-6-3-7-11-23)33(31,32)29-17-21-15-28(16-22(21)18-29)13-12-24(26)20-8-4-2-5-9-20/h2-11,14,21-22,24H,12-13,15-18,26H2,1H3. The van der Waals surface area contributed by atoms with Crippen LogP contribution in [0.5, 0.6) is 0 Å². The average Bonchev–Trinajstić information content (AvgIpc) is 3.52. The maximum atomic E-state index is 13.4. The molecule has 0 aliphatic carbocycles. The molecule has 2 N–H and O–H groups in total. The van der Waals surface area contributed by atoms with E-state index in [4.69, 9.17) is 5.73 Å².